The van der Waals surface area contributed by atoms with Crippen molar-refractivity contribution < 1.29 is 9.47 Å². The first-order valence-electron chi connectivity index (χ1n) is 7.40. The van der Waals surface area contributed by atoms with Crippen molar-refractivity contribution in [1.82, 2.24) is 0 Å². The number of hydrogen-bond donors (Lipinski definition) is 1. The fourth-order valence-electron chi connectivity index (χ4n) is 2.84. The summed E-state index contributed by atoms with van der Waals surface area (Å²) < 4.78 is 11.6. The van der Waals surface area contributed by atoms with Crippen molar-refractivity contribution in [2.24, 2.45) is 5.73 Å². The molecule has 2 N–H and O–H groups in total. The van der Waals surface area contributed by atoms with Crippen LogP contribution >= 0.6 is 11.8 Å². The molecule has 1 heterocycles. The maximum atomic E-state index is 6.12. The summed E-state index contributed by atoms with van der Waals surface area (Å²) in [5, 5.41) is 0. The molecule has 2 fully saturated rings. The summed E-state index contributed by atoms with van der Waals surface area (Å²) in [7, 11) is 1.71. The Morgan fingerprint density at radius 2 is 2.20 bits per heavy atom. The predicted molar refractivity (Wildman–Crippen MR) is 83.9 cm³/mol. The monoisotopic (exact) mass is 293 g/mol. The van der Waals surface area contributed by atoms with Crippen LogP contribution < -0.4 is 15.2 Å². The Labute approximate surface area is 125 Å². The van der Waals surface area contributed by atoms with Gasteiger partial charge in [-0.05, 0) is 49.1 Å². The quantitative estimate of drug-likeness (QED) is 0.906. The van der Waals surface area contributed by atoms with E-state index in [-0.39, 0.29) is 5.41 Å². The zero-order chi connectivity index (χ0) is 14.0. The molecule has 3 rings (SSSR count). The Morgan fingerprint density at radius 1 is 1.35 bits per heavy atom. The van der Waals surface area contributed by atoms with Crippen molar-refractivity contribution in [3.8, 4) is 11.5 Å². The molecule has 4 heteroatoms. The molecule has 0 aromatic heterocycles. The molecular formula is C16H23NO2S. The number of hydrogen-bond acceptors (Lipinski definition) is 4. The maximum absolute atomic E-state index is 6.12. The minimum absolute atomic E-state index is 0.201. The Hall–Kier alpha value is -0.870. The number of benzene rings is 1. The van der Waals surface area contributed by atoms with Crippen LogP contribution in [-0.2, 0) is 5.41 Å². The normalized spacial score (nSPS) is 24.2. The predicted octanol–water partition coefficient (Wildman–Crippen LogP) is 2.96. The van der Waals surface area contributed by atoms with Gasteiger partial charge in [0.15, 0.2) is 11.5 Å². The molecule has 0 radical (unpaired) electrons. The maximum Gasteiger partial charge on any atom is 0.161 e. The number of ether oxygens (including phenoxy) is 2. The van der Waals surface area contributed by atoms with Crippen LogP contribution in [0.4, 0.5) is 0 Å². The van der Waals surface area contributed by atoms with E-state index in [9.17, 15) is 0 Å². The lowest BCUT2D eigenvalue weighted by molar-refractivity contribution is 0.202. The lowest BCUT2D eigenvalue weighted by atomic mass is 9.96. The van der Waals surface area contributed by atoms with Crippen LogP contribution in [0.1, 0.15) is 31.2 Å². The number of nitrogens with two attached hydrogens (primary N) is 1. The molecule has 0 bridgehead atoms. The van der Waals surface area contributed by atoms with Gasteiger partial charge in [0.05, 0.1) is 7.11 Å². The topological polar surface area (TPSA) is 44.5 Å². The van der Waals surface area contributed by atoms with Gasteiger partial charge >= 0.3 is 0 Å². The molecule has 1 unspecified atom stereocenters. The lowest BCUT2D eigenvalue weighted by Gasteiger charge is -2.24. The Kier molecular flexibility index (Phi) is 4.13. The zero-order valence-electron chi connectivity index (χ0n) is 12.1. The molecule has 110 valence electrons. The Morgan fingerprint density at radius 3 is 2.80 bits per heavy atom. The van der Waals surface area contributed by atoms with Crippen LogP contribution in [0.2, 0.25) is 0 Å². The van der Waals surface area contributed by atoms with Crippen molar-refractivity contribution in [2.75, 3.05) is 25.2 Å². The Bertz CT molecular complexity index is 468. The van der Waals surface area contributed by atoms with E-state index in [0.29, 0.717) is 6.10 Å². The third kappa shape index (κ3) is 2.77. The first-order valence-corrected chi connectivity index (χ1v) is 8.56. The molecule has 1 aliphatic carbocycles. The van der Waals surface area contributed by atoms with E-state index in [4.69, 9.17) is 15.2 Å². The van der Waals surface area contributed by atoms with Crippen LogP contribution in [0.25, 0.3) is 0 Å². The first kappa shape index (κ1) is 14.1. The van der Waals surface area contributed by atoms with Gasteiger partial charge in [0.1, 0.15) is 6.10 Å². The van der Waals surface area contributed by atoms with Gasteiger partial charge in [-0.25, -0.2) is 0 Å². The molecule has 1 atom stereocenters. The minimum Gasteiger partial charge on any atom is -0.493 e. The number of rotatable bonds is 5. The highest BCUT2D eigenvalue weighted by atomic mass is 32.2. The molecule has 0 spiro atoms. The molecule has 0 amide bonds. The van der Waals surface area contributed by atoms with E-state index in [1.807, 2.05) is 11.8 Å². The summed E-state index contributed by atoms with van der Waals surface area (Å²) in [6, 6.07) is 6.34. The second-order valence-corrected chi connectivity index (χ2v) is 6.96. The zero-order valence-corrected chi connectivity index (χ0v) is 12.9. The van der Waals surface area contributed by atoms with E-state index in [0.717, 1.165) is 30.2 Å². The van der Waals surface area contributed by atoms with Gasteiger partial charge in [0.2, 0.25) is 0 Å². The average Bonchev–Trinajstić information content (AvgIpc) is 3.30. The van der Waals surface area contributed by atoms with Crippen molar-refractivity contribution in [3.63, 3.8) is 0 Å². The number of thioether (sulfide) groups is 1. The molecule has 3 nitrogen and oxygen atoms in total. The highest BCUT2D eigenvalue weighted by Gasteiger charge is 2.43. The summed E-state index contributed by atoms with van der Waals surface area (Å²) in [6.45, 7) is 0.718. The van der Waals surface area contributed by atoms with Gasteiger partial charge in [-0.2, -0.15) is 11.8 Å². The summed E-state index contributed by atoms with van der Waals surface area (Å²) in [6.07, 6.45) is 5.08. The molecule has 1 saturated heterocycles. The van der Waals surface area contributed by atoms with Crippen LogP contribution in [0.15, 0.2) is 18.2 Å². The van der Waals surface area contributed by atoms with Gasteiger partial charge in [0, 0.05) is 17.7 Å². The highest BCUT2D eigenvalue weighted by molar-refractivity contribution is 7.99. The van der Waals surface area contributed by atoms with Crippen molar-refractivity contribution >= 4 is 11.8 Å². The van der Waals surface area contributed by atoms with Gasteiger partial charge < -0.3 is 15.2 Å². The van der Waals surface area contributed by atoms with Crippen LogP contribution in [0, 0.1) is 0 Å². The van der Waals surface area contributed by atoms with Crippen LogP contribution in [-0.4, -0.2) is 31.3 Å². The third-order valence-electron chi connectivity index (χ3n) is 4.43. The van der Waals surface area contributed by atoms with E-state index in [1.165, 1.54) is 30.6 Å². The second-order valence-electron chi connectivity index (χ2n) is 5.81. The SMILES string of the molecule is COc1cc(C2(CN)CC2)ccc1OC1CCCSC1. The molecule has 1 aromatic rings. The highest BCUT2D eigenvalue weighted by Crippen LogP contribution is 2.49. The van der Waals surface area contributed by atoms with E-state index < -0.39 is 0 Å². The summed E-state index contributed by atoms with van der Waals surface area (Å²) in [5.41, 5.74) is 7.40. The van der Waals surface area contributed by atoms with Gasteiger partial charge in [-0.3, -0.25) is 0 Å². The van der Waals surface area contributed by atoms with E-state index >= 15 is 0 Å². The van der Waals surface area contributed by atoms with Crippen molar-refractivity contribution in [1.29, 1.82) is 0 Å². The standard InChI is InChI=1S/C16H23NO2S/c1-18-15-9-12(16(11-17)6-7-16)4-5-14(15)19-13-3-2-8-20-10-13/h4-5,9,13H,2-3,6-8,10-11,17H2,1H3. The van der Waals surface area contributed by atoms with Crippen molar-refractivity contribution in [3.05, 3.63) is 23.8 Å². The summed E-state index contributed by atoms with van der Waals surface area (Å²) >= 11 is 1.97. The van der Waals surface area contributed by atoms with Gasteiger partial charge in [-0.15, -0.1) is 0 Å². The summed E-state index contributed by atoms with van der Waals surface area (Å²) in [4.78, 5) is 0. The molecule has 1 aromatic carbocycles. The number of methoxy groups -OCH3 is 1. The average molecular weight is 293 g/mol. The lowest BCUT2D eigenvalue weighted by Crippen LogP contribution is -2.24. The Balaban J connectivity index is 1.77. The molecule has 1 saturated carbocycles. The van der Waals surface area contributed by atoms with Gasteiger partial charge in [0.25, 0.3) is 0 Å². The fraction of sp³-hybridized carbons (Fsp3) is 0.625. The largest absolute Gasteiger partial charge is 0.493 e. The molecule has 20 heavy (non-hydrogen) atoms. The van der Waals surface area contributed by atoms with Crippen LogP contribution in [0.5, 0.6) is 11.5 Å². The van der Waals surface area contributed by atoms with Gasteiger partial charge in [-0.1, -0.05) is 6.07 Å². The second kappa shape index (κ2) is 5.86. The van der Waals surface area contributed by atoms with E-state index in [1.54, 1.807) is 7.11 Å². The van der Waals surface area contributed by atoms with E-state index in [2.05, 4.69) is 18.2 Å². The first-order chi connectivity index (χ1) is 9.77. The minimum atomic E-state index is 0.201. The molecular weight excluding hydrogens is 270 g/mol. The third-order valence-corrected chi connectivity index (χ3v) is 5.62. The van der Waals surface area contributed by atoms with Crippen LogP contribution in [0.3, 0.4) is 0 Å². The smallest absolute Gasteiger partial charge is 0.161 e. The molecule has 2 aliphatic rings. The molecule has 1 aliphatic heterocycles. The van der Waals surface area contributed by atoms with Crippen molar-refractivity contribution in [2.45, 2.75) is 37.2 Å². The summed E-state index contributed by atoms with van der Waals surface area (Å²) in [5.74, 6) is 4.06. The fourth-order valence-corrected chi connectivity index (χ4v) is 3.88.